The summed E-state index contributed by atoms with van der Waals surface area (Å²) < 4.78 is 26.8. The Morgan fingerprint density at radius 3 is 2.63 bits per heavy atom. The summed E-state index contributed by atoms with van der Waals surface area (Å²) in [5, 5.41) is 12.9. The molecular formula is C35H41FN2O5. The molecule has 2 saturated carbocycles. The Morgan fingerprint density at radius 1 is 1.21 bits per heavy atom. The fourth-order valence-corrected chi connectivity index (χ4v) is 9.03. The van der Waals surface area contributed by atoms with Crippen LogP contribution in [0.5, 0.6) is 0 Å². The van der Waals surface area contributed by atoms with Crippen LogP contribution in [-0.4, -0.2) is 61.8 Å². The van der Waals surface area contributed by atoms with E-state index < -0.39 is 23.0 Å². The quantitative estimate of drug-likeness (QED) is 0.203. The molecule has 0 radical (unpaired) electrons. The summed E-state index contributed by atoms with van der Waals surface area (Å²) in [4.78, 5) is 28.0. The molecule has 6 atom stereocenters. The first kappa shape index (κ1) is 29.6. The average Bonchev–Trinajstić information content (AvgIpc) is 3.32. The van der Waals surface area contributed by atoms with Gasteiger partial charge in [0.15, 0.2) is 12.4 Å². The zero-order chi connectivity index (χ0) is 30.4. The van der Waals surface area contributed by atoms with E-state index in [1.54, 1.807) is 13.0 Å². The number of esters is 1. The molecule has 5 aliphatic rings. The van der Waals surface area contributed by atoms with Crippen LogP contribution in [0.1, 0.15) is 70.8 Å². The summed E-state index contributed by atoms with van der Waals surface area (Å²) in [6, 6.07) is 8.73. The fourth-order valence-electron chi connectivity index (χ4n) is 9.03. The largest absolute Gasteiger partial charge is 0.458 e. The van der Waals surface area contributed by atoms with Gasteiger partial charge in [0.2, 0.25) is 0 Å². The van der Waals surface area contributed by atoms with Crippen molar-refractivity contribution < 1.29 is 28.7 Å². The molecule has 6 rings (SSSR count). The van der Waals surface area contributed by atoms with Crippen LogP contribution in [0, 0.1) is 34.5 Å². The minimum absolute atomic E-state index is 0.0267. The number of oxime groups is 1. The maximum Gasteiger partial charge on any atom is 0.303 e. The van der Waals surface area contributed by atoms with Gasteiger partial charge in [-0.2, -0.15) is 0 Å². The summed E-state index contributed by atoms with van der Waals surface area (Å²) in [7, 11) is 0. The Bertz CT molecular complexity index is 1450. The van der Waals surface area contributed by atoms with E-state index in [0.717, 1.165) is 36.3 Å². The number of hydrogen-bond acceptors (Lipinski definition) is 7. The number of carbonyl (C=O) groups is 2. The van der Waals surface area contributed by atoms with Crippen LogP contribution in [0.3, 0.4) is 0 Å². The number of ketones is 1. The highest BCUT2D eigenvalue weighted by Crippen LogP contribution is 2.69. The minimum atomic E-state index is -1.17. The van der Waals surface area contributed by atoms with Crippen molar-refractivity contribution >= 4 is 23.2 Å². The van der Waals surface area contributed by atoms with E-state index in [-0.39, 0.29) is 30.1 Å². The van der Waals surface area contributed by atoms with Gasteiger partial charge in [-0.25, -0.2) is 4.39 Å². The minimum Gasteiger partial charge on any atom is -0.458 e. The maximum atomic E-state index is 16.1. The van der Waals surface area contributed by atoms with Gasteiger partial charge in [0, 0.05) is 31.6 Å². The van der Waals surface area contributed by atoms with E-state index in [2.05, 4.69) is 53.1 Å². The molecular weight excluding hydrogens is 547 g/mol. The van der Waals surface area contributed by atoms with Gasteiger partial charge in [0.25, 0.3) is 0 Å². The van der Waals surface area contributed by atoms with Crippen molar-refractivity contribution in [2.75, 3.05) is 37.8 Å². The van der Waals surface area contributed by atoms with Crippen molar-refractivity contribution in [3.63, 3.8) is 0 Å². The summed E-state index contributed by atoms with van der Waals surface area (Å²) in [6.45, 7) is 8.07. The number of morpholine rings is 1. The smallest absolute Gasteiger partial charge is 0.303 e. The molecule has 0 bridgehead atoms. The lowest BCUT2D eigenvalue weighted by Crippen LogP contribution is -2.52. The van der Waals surface area contributed by atoms with Crippen LogP contribution in [0.15, 0.2) is 52.2 Å². The molecule has 1 heterocycles. The monoisotopic (exact) mass is 588 g/mol. The van der Waals surface area contributed by atoms with Crippen molar-refractivity contribution in [1.29, 1.82) is 0 Å². The zero-order valence-electron chi connectivity index (χ0n) is 25.3. The van der Waals surface area contributed by atoms with Gasteiger partial charge in [0.05, 0.1) is 24.3 Å². The SMILES string of the molecule is CC#C[C@]1(C(=O)COC(C)=O)CC[C@H]2[C@@H]3CC(F)C4=CC(=NO)CCC4=C3[C@@H](c3ccc(N4CCOCC4)cc3)C[C@@]21C. The predicted octanol–water partition coefficient (Wildman–Crippen LogP) is 5.77. The molecule has 7 nitrogen and oxygen atoms in total. The van der Waals surface area contributed by atoms with E-state index in [1.165, 1.54) is 12.5 Å². The third-order valence-electron chi connectivity index (χ3n) is 11.0. The summed E-state index contributed by atoms with van der Waals surface area (Å²) in [6.07, 6.45) is 4.12. The number of fused-ring (bicyclic) bond motifs is 4. The number of benzene rings is 1. The van der Waals surface area contributed by atoms with Gasteiger partial charge in [-0.3, -0.25) is 9.59 Å². The molecule has 4 aliphatic carbocycles. The first-order valence-corrected chi connectivity index (χ1v) is 15.6. The third-order valence-corrected chi connectivity index (χ3v) is 11.0. The number of carbonyl (C=O) groups excluding carboxylic acids is 2. The molecule has 1 aliphatic heterocycles. The molecule has 1 aromatic carbocycles. The van der Waals surface area contributed by atoms with Crippen LogP contribution < -0.4 is 4.90 Å². The summed E-state index contributed by atoms with van der Waals surface area (Å²) >= 11 is 0. The Balaban J connectivity index is 1.47. The molecule has 0 amide bonds. The van der Waals surface area contributed by atoms with Crippen molar-refractivity contribution in [2.24, 2.45) is 27.8 Å². The van der Waals surface area contributed by atoms with Crippen LogP contribution in [0.2, 0.25) is 0 Å². The van der Waals surface area contributed by atoms with E-state index in [9.17, 15) is 14.8 Å². The van der Waals surface area contributed by atoms with Gasteiger partial charge in [-0.1, -0.05) is 35.7 Å². The highest BCUT2D eigenvalue weighted by molar-refractivity contribution is 5.97. The lowest BCUT2D eigenvalue weighted by atomic mass is 9.48. The molecule has 1 aromatic rings. The molecule has 0 spiro atoms. The highest BCUT2D eigenvalue weighted by Gasteiger charge is 2.66. The Labute approximate surface area is 253 Å². The molecule has 3 fully saturated rings. The highest BCUT2D eigenvalue weighted by atomic mass is 19.1. The van der Waals surface area contributed by atoms with Crippen LogP contribution >= 0.6 is 0 Å². The van der Waals surface area contributed by atoms with Gasteiger partial charge in [-0.15, -0.1) is 5.92 Å². The van der Waals surface area contributed by atoms with Crippen molar-refractivity contribution in [1.82, 2.24) is 0 Å². The number of halogens is 1. The Hall–Kier alpha value is -3.44. The number of anilines is 1. The van der Waals surface area contributed by atoms with Gasteiger partial charge in [-0.05, 0) is 97.6 Å². The summed E-state index contributed by atoms with van der Waals surface area (Å²) in [5.74, 6) is 5.75. The first-order chi connectivity index (χ1) is 20.7. The van der Waals surface area contributed by atoms with Crippen LogP contribution in [0.25, 0.3) is 0 Å². The van der Waals surface area contributed by atoms with E-state index in [1.807, 2.05) is 0 Å². The maximum absolute atomic E-state index is 16.1. The third kappa shape index (κ3) is 4.90. The number of alkyl halides is 1. The number of Topliss-reactive ketones (excluding diaryl/α,β-unsaturated/α-hetero) is 1. The number of allylic oxidation sites excluding steroid dienone is 4. The Morgan fingerprint density at radius 2 is 1.95 bits per heavy atom. The molecule has 1 saturated heterocycles. The van der Waals surface area contributed by atoms with Crippen LogP contribution in [0.4, 0.5) is 10.1 Å². The second-order valence-electron chi connectivity index (χ2n) is 12.9. The second-order valence-corrected chi connectivity index (χ2v) is 12.9. The van der Waals surface area contributed by atoms with Crippen molar-refractivity contribution in [3.8, 4) is 11.8 Å². The average molecular weight is 589 g/mol. The molecule has 1 unspecified atom stereocenters. The number of nitrogens with zero attached hydrogens (tertiary/aromatic N) is 2. The van der Waals surface area contributed by atoms with E-state index >= 15 is 4.39 Å². The number of ether oxygens (including phenoxy) is 2. The van der Waals surface area contributed by atoms with Crippen molar-refractivity contribution in [2.45, 2.75) is 71.4 Å². The van der Waals surface area contributed by atoms with Crippen molar-refractivity contribution in [3.05, 3.63) is 52.6 Å². The molecule has 43 heavy (non-hydrogen) atoms. The standard InChI is InChI=1S/C35H41FN2O5/c1-4-12-35(32(40)21-43-22(2)39)13-11-30-28-19-31(36)27-18-24(37-41)7-10-26(27)33(28)29(20-34(30,35)3)23-5-8-25(9-6-23)38-14-16-42-17-15-38/h5-6,8-9,18,28-31,41H,7,10-11,13-17,19-21H2,1-3H3/t28-,29+,30-,31?,34-,35+/m0/s1. The number of hydrogen-bond donors (Lipinski definition) is 1. The van der Waals surface area contributed by atoms with E-state index in [4.69, 9.17) is 9.47 Å². The van der Waals surface area contributed by atoms with E-state index in [0.29, 0.717) is 56.6 Å². The van der Waals surface area contributed by atoms with Gasteiger partial charge in [0.1, 0.15) is 6.17 Å². The lowest BCUT2D eigenvalue weighted by Gasteiger charge is -2.55. The molecule has 8 heteroatoms. The molecule has 228 valence electrons. The Kier molecular flexibility index (Phi) is 7.97. The van der Waals surface area contributed by atoms with Crippen LogP contribution in [-0.2, 0) is 19.1 Å². The number of rotatable bonds is 5. The lowest BCUT2D eigenvalue weighted by molar-refractivity contribution is -0.150. The predicted molar refractivity (Wildman–Crippen MR) is 162 cm³/mol. The normalized spacial score (nSPS) is 34.4. The molecule has 1 N–H and O–H groups in total. The topological polar surface area (TPSA) is 88.4 Å². The zero-order valence-corrected chi connectivity index (χ0v) is 25.3. The van der Waals surface area contributed by atoms with Gasteiger partial charge < -0.3 is 19.6 Å². The second kappa shape index (κ2) is 11.6. The summed E-state index contributed by atoms with van der Waals surface area (Å²) in [5.41, 5.74) is 4.30. The fraction of sp³-hybridized carbons (Fsp3) is 0.571. The first-order valence-electron chi connectivity index (χ1n) is 15.6. The van der Waals surface area contributed by atoms with Gasteiger partial charge >= 0.3 is 5.97 Å². The molecule has 0 aromatic heterocycles.